The third-order valence-corrected chi connectivity index (χ3v) is 2.43. The van der Waals surface area contributed by atoms with Crippen LogP contribution in [0.4, 0.5) is 8.78 Å². The molecule has 0 spiro atoms. The second kappa shape index (κ2) is 8.42. The van der Waals surface area contributed by atoms with Crippen LogP contribution in [0.1, 0.15) is 15.9 Å². The summed E-state index contributed by atoms with van der Waals surface area (Å²) in [5, 5.41) is 3.77. The van der Waals surface area contributed by atoms with Crippen LogP contribution < -0.4 is 10.2 Å². The first-order valence-corrected chi connectivity index (χ1v) is 5.93. The minimum absolute atomic E-state index is 0. The molecule has 0 bridgehead atoms. The second-order valence-corrected chi connectivity index (χ2v) is 3.88. The van der Waals surface area contributed by atoms with Gasteiger partial charge in [0, 0.05) is 18.0 Å². The fourth-order valence-electron chi connectivity index (χ4n) is 1.47. The molecule has 22 heavy (non-hydrogen) atoms. The highest BCUT2D eigenvalue weighted by atomic mass is 19.3. The van der Waals surface area contributed by atoms with Crippen molar-refractivity contribution < 1.29 is 23.8 Å². The molecule has 2 aromatic rings. The molecule has 0 saturated carbocycles. The van der Waals surface area contributed by atoms with E-state index in [1.807, 2.05) is 0 Å². The number of carbonyl (C=O) groups is 1. The van der Waals surface area contributed by atoms with Gasteiger partial charge in [0.1, 0.15) is 5.75 Å². The number of ether oxygens (including phenoxy) is 1. The number of amides is 1. The first-order chi connectivity index (χ1) is 10.1. The summed E-state index contributed by atoms with van der Waals surface area (Å²) in [7, 11) is 0. The van der Waals surface area contributed by atoms with E-state index in [0.29, 0.717) is 11.1 Å². The molecule has 0 radical (unpaired) electrons. The van der Waals surface area contributed by atoms with Crippen molar-refractivity contribution in [1.29, 1.82) is 0 Å². The van der Waals surface area contributed by atoms with Gasteiger partial charge >= 0.3 is 6.61 Å². The predicted molar refractivity (Wildman–Crippen MR) is 76.0 cm³/mol. The molecule has 0 aliphatic rings. The molecule has 0 atom stereocenters. The largest absolute Gasteiger partial charge is 0.435 e. The van der Waals surface area contributed by atoms with Crippen molar-refractivity contribution >= 4 is 12.1 Å². The number of hydrogen-bond donors (Lipinski definition) is 1. The van der Waals surface area contributed by atoms with E-state index >= 15 is 0 Å². The maximum absolute atomic E-state index is 12.0. The molecular weight excluding hydrogens is 296 g/mol. The molecule has 6 nitrogen and oxygen atoms in total. The molecule has 2 rings (SSSR count). The Morgan fingerprint density at radius 3 is 2.41 bits per heavy atom. The van der Waals surface area contributed by atoms with Crippen molar-refractivity contribution in [3.8, 4) is 5.75 Å². The van der Waals surface area contributed by atoms with Crippen molar-refractivity contribution in [3.05, 3.63) is 59.9 Å². The number of benzene rings is 1. The van der Waals surface area contributed by atoms with Crippen LogP contribution in [-0.2, 0) is 0 Å². The average Bonchev–Trinajstić information content (AvgIpc) is 2.49. The lowest BCUT2D eigenvalue weighted by atomic mass is 10.2. The number of nitrogens with zero attached hydrogens (tertiary/aromatic N) is 2. The summed E-state index contributed by atoms with van der Waals surface area (Å²) < 4.78 is 28.2. The van der Waals surface area contributed by atoms with Gasteiger partial charge in [-0.15, -0.1) is 0 Å². The number of halogens is 2. The third kappa shape index (κ3) is 5.25. The Morgan fingerprint density at radius 2 is 1.82 bits per heavy atom. The van der Waals surface area contributed by atoms with Crippen LogP contribution in [0.2, 0.25) is 0 Å². The minimum Gasteiger partial charge on any atom is -0.435 e. The van der Waals surface area contributed by atoms with Gasteiger partial charge in [0.2, 0.25) is 0 Å². The van der Waals surface area contributed by atoms with Crippen molar-refractivity contribution in [2.24, 2.45) is 5.10 Å². The van der Waals surface area contributed by atoms with Crippen molar-refractivity contribution in [2.75, 3.05) is 0 Å². The number of rotatable bonds is 5. The molecule has 0 aliphatic carbocycles. The van der Waals surface area contributed by atoms with E-state index in [2.05, 4.69) is 20.2 Å². The highest BCUT2D eigenvalue weighted by molar-refractivity contribution is 5.94. The Kier molecular flexibility index (Phi) is 6.58. The van der Waals surface area contributed by atoms with E-state index in [0.717, 1.165) is 0 Å². The zero-order valence-corrected chi connectivity index (χ0v) is 11.2. The van der Waals surface area contributed by atoms with E-state index < -0.39 is 6.61 Å². The van der Waals surface area contributed by atoms with Crippen LogP contribution in [0, 0.1) is 0 Å². The van der Waals surface area contributed by atoms with Gasteiger partial charge in [-0.05, 0) is 42.0 Å². The van der Waals surface area contributed by atoms with Gasteiger partial charge < -0.3 is 10.2 Å². The molecule has 0 fully saturated rings. The van der Waals surface area contributed by atoms with Gasteiger partial charge in [-0.3, -0.25) is 9.78 Å². The van der Waals surface area contributed by atoms with Crippen LogP contribution in [0.25, 0.3) is 0 Å². The Balaban J connectivity index is 0.00000242. The summed E-state index contributed by atoms with van der Waals surface area (Å²) in [5.41, 5.74) is 3.41. The van der Waals surface area contributed by atoms with E-state index in [1.165, 1.54) is 30.7 Å². The van der Waals surface area contributed by atoms with E-state index in [4.69, 9.17) is 0 Å². The number of alkyl halides is 2. The van der Waals surface area contributed by atoms with Crippen LogP contribution in [0.15, 0.2) is 53.9 Å². The number of carbonyl (C=O) groups excluding carboxylic acids is 1. The average molecular weight is 309 g/mol. The third-order valence-electron chi connectivity index (χ3n) is 2.43. The zero-order chi connectivity index (χ0) is 15.1. The molecule has 0 unspecified atom stereocenters. The predicted octanol–water partition coefficient (Wildman–Crippen LogP) is 1.62. The van der Waals surface area contributed by atoms with Crippen LogP contribution in [0.5, 0.6) is 5.75 Å². The number of aromatic nitrogens is 1. The molecule has 0 saturated heterocycles. The lowest BCUT2D eigenvalue weighted by molar-refractivity contribution is -0.0498. The molecule has 1 heterocycles. The molecule has 0 aliphatic heterocycles. The lowest BCUT2D eigenvalue weighted by Gasteiger charge is -2.03. The smallest absolute Gasteiger partial charge is 0.387 e. The number of pyridine rings is 1. The van der Waals surface area contributed by atoms with Crippen LogP contribution >= 0.6 is 0 Å². The summed E-state index contributed by atoms with van der Waals surface area (Å²) in [5.74, 6) is -0.311. The molecular formula is C14H13F2N3O3. The van der Waals surface area contributed by atoms with Gasteiger partial charge in [-0.25, -0.2) is 5.43 Å². The first-order valence-electron chi connectivity index (χ1n) is 5.93. The molecule has 8 heteroatoms. The van der Waals surface area contributed by atoms with Gasteiger partial charge in [0.15, 0.2) is 0 Å². The highest BCUT2D eigenvalue weighted by Crippen LogP contribution is 2.13. The standard InChI is InChI=1S/C14H11F2N3O2.H2O/c15-14(16)21-12-3-1-10(2-4-12)9-18-19-13(20)11-5-7-17-8-6-11;/h1-9,14H,(H,19,20);1H2/b18-9+;. The summed E-state index contributed by atoms with van der Waals surface area (Å²) in [6, 6.07) is 8.97. The Labute approximate surface area is 124 Å². The maximum atomic E-state index is 12.0. The SMILES string of the molecule is O.O=C(N/N=C/c1ccc(OC(F)F)cc1)c1ccncc1. The molecule has 116 valence electrons. The monoisotopic (exact) mass is 309 g/mol. The number of hydrogen-bond acceptors (Lipinski definition) is 4. The summed E-state index contributed by atoms with van der Waals surface area (Å²) in [4.78, 5) is 15.5. The minimum atomic E-state index is -2.86. The Bertz CT molecular complexity index is 619. The van der Waals surface area contributed by atoms with Crippen molar-refractivity contribution in [1.82, 2.24) is 10.4 Å². The molecule has 3 N–H and O–H groups in total. The second-order valence-electron chi connectivity index (χ2n) is 3.88. The van der Waals surface area contributed by atoms with Crippen LogP contribution in [-0.4, -0.2) is 29.2 Å². The highest BCUT2D eigenvalue weighted by Gasteiger charge is 2.03. The van der Waals surface area contributed by atoms with Gasteiger partial charge in [-0.2, -0.15) is 13.9 Å². The van der Waals surface area contributed by atoms with Gasteiger partial charge in [0.25, 0.3) is 5.91 Å². The quantitative estimate of drug-likeness (QED) is 0.671. The lowest BCUT2D eigenvalue weighted by Crippen LogP contribution is -2.17. The number of hydrazone groups is 1. The topological polar surface area (TPSA) is 95.1 Å². The first kappa shape index (κ1) is 17.2. The molecule has 1 aromatic heterocycles. The van der Waals surface area contributed by atoms with Gasteiger partial charge in [-0.1, -0.05) is 0 Å². The number of nitrogens with one attached hydrogen (secondary N) is 1. The fourth-order valence-corrected chi connectivity index (χ4v) is 1.47. The Hall–Kier alpha value is -2.87. The van der Waals surface area contributed by atoms with Crippen molar-refractivity contribution in [3.63, 3.8) is 0 Å². The van der Waals surface area contributed by atoms with E-state index in [-0.39, 0.29) is 17.1 Å². The van der Waals surface area contributed by atoms with Crippen molar-refractivity contribution in [2.45, 2.75) is 6.61 Å². The van der Waals surface area contributed by atoms with E-state index in [1.54, 1.807) is 24.3 Å². The fraction of sp³-hybridized carbons (Fsp3) is 0.0714. The normalized spacial score (nSPS) is 10.3. The summed E-state index contributed by atoms with van der Waals surface area (Å²) >= 11 is 0. The summed E-state index contributed by atoms with van der Waals surface area (Å²) in [6.45, 7) is -2.86. The molecule has 1 aromatic carbocycles. The van der Waals surface area contributed by atoms with E-state index in [9.17, 15) is 13.6 Å². The molecule has 1 amide bonds. The maximum Gasteiger partial charge on any atom is 0.387 e. The van der Waals surface area contributed by atoms with Crippen LogP contribution in [0.3, 0.4) is 0 Å². The zero-order valence-electron chi connectivity index (χ0n) is 11.2. The Morgan fingerprint density at radius 1 is 1.18 bits per heavy atom. The summed E-state index contributed by atoms with van der Waals surface area (Å²) in [6.07, 6.45) is 4.39. The van der Waals surface area contributed by atoms with Gasteiger partial charge in [0.05, 0.1) is 6.21 Å².